The van der Waals surface area contributed by atoms with Gasteiger partial charge in [-0.05, 0) is 56.0 Å². The van der Waals surface area contributed by atoms with Crippen LogP contribution >= 0.6 is 0 Å². The molecule has 1 amide bonds. The zero-order valence-electron chi connectivity index (χ0n) is 16.2. The highest BCUT2D eigenvalue weighted by Crippen LogP contribution is 2.26. The summed E-state index contributed by atoms with van der Waals surface area (Å²) >= 11 is 0. The van der Waals surface area contributed by atoms with Crippen molar-refractivity contribution >= 4 is 15.9 Å². The van der Waals surface area contributed by atoms with Crippen molar-refractivity contribution in [2.75, 3.05) is 20.2 Å². The summed E-state index contributed by atoms with van der Waals surface area (Å²) in [6, 6.07) is 13.8. The molecule has 7 heteroatoms. The Bertz CT molecular complexity index is 908. The molecule has 0 aliphatic carbocycles. The summed E-state index contributed by atoms with van der Waals surface area (Å²) in [6.45, 7) is 2.73. The van der Waals surface area contributed by atoms with Crippen molar-refractivity contribution in [1.82, 2.24) is 9.62 Å². The van der Waals surface area contributed by atoms with E-state index in [2.05, 4.69) is 5.32 Å². The molecule has 0 radical (unpaired) electrons. The molecular weight excluding hydrogens is 376 g/mol. The van der Waals surface area contributed by atoms with Gasteiger partial charge in [0.05, 0.1) is 12.0 Å². The van der Waals surface area contributed by atoms with Crippen LogP contribution < -0.4 is 10.1 Å². The molecule has 0 saturated carbocycles. The summed E-state index contributed by atoms with van der Waals surface area (Å²) in [4.78, 5) is 12.9. The second-order valence-electron chi connectivity index (χ2n) is 6.98. The van der Waals surface area contributed by atoms with Crippen LogP contribution in [0.15, 0.2) is 53.4 Å². The van der Waals surface area contributed by atoms with Crippen LogP contribution in [-0.2, 0) is 21.2 Å². The van der Waals surface area contributed by atoms with Crippen LogP contribution in [0, 0.1) is 6.92 Å². The fourth-order valence-corrected chi connectivity index (χ4v) is 5.03. The van der Waals surface area contributed by atoms with Crippen LogP contribution in [-0.4, -0.2) is 44.9 Å². The van der Waals surface area contributed by atoms with Crippen molar-refractivity contribution < 1.29 is 17.9 Å². The Morgan fingerprint density at radius 1 is 1.14 bits per heavy atom. The number of carbonyl (C=O) groups is 1. The lowest BCUT2D eigenvalue weighted by Gasteiger charge is -2.23. The number of nitrogens with zero attached hydrogens (tertiary/aromatic N) is 1. The van der Waals surface area contributed by atoms with Crippen LogP contribution in [0.3, 0.4) is 0 Å². The van der Waals surface area contributed by atoms with Crippen molar-refractivity contribution in [1.29, 1.82) is 0 Å². The molecule has 1 aliphatic heterocycles. The first kappa shape index (κ1) is 20.4. The van der Waals surface area contributed by atoms with E-state index in [1.54, 1.807) is 31.4 Å². The largest absolute Gasteiger partial charge is 0.497 e. The molecule has 1 saturated heterocycles. The van der Waals surface area contributed by atoms with Gasteiger partial charge in [-0.25, -0.2) is 8.42 Å². The molecule has 0 bridgehead atoms. The lowest BCUT2D eigenvalue weighted by Crippen LogP contribution is -2.46. The number of sulfonamides is 1. The molecule has 1 N–H and O–H groups in total. The molecular formula is C21H26N2O4S. The standard InChI is InChI=1S/C21H26N2O4S/c1-16-5-11-19(12-6-16)28(25,26)23-15-3-4-20(23)21(24)22-14-13-17-7-9-18(27-2)10-8-17/h5-12,20H,3-4,13-15H2,1-2H3,(H,22,24). The minimum atomic E-state index is -3.68. The average molecular weight is 403 g/mol. The van der Waals surface area contributed by atoms with Crippen molar-refractivity contribution in [2.24, 2.45) is 0 Å². The van der Waals surface area contributed by atoms with E-state index in [1.165, 1.54) is 4.31 Å². The number of nitrogens with one attached hydrogen (secondary N) is 1. The first-order chi connectivity index (χ1) is 13.4. The van der Waals surface area contributed by atoms with E-state index in [-0.39, 0.29) is 10.8 Å². The van der Waals surface area contributed by atoms with Gasteiger partial charge in [-0.3, -0.25) is 4.79 Å². The molecule has 1 heterocycles. The highest BCUT2D eigenvalue weighted by Gasteiger charge is 2.39. The maximum Gasteiger partial charge on any atom is 0.243 e. The van der Waals surface area contributed by atoms with Crippen LogP contribution in [0.4, 0.5) is 0 Å². The van der Waals surface area contributed by atoms with Crippen molar-refractivity contribution in [3.05, 3.63) is 59.7 Å². The molecule has 28 heavy (non-hydrogen) atoms. The Morgan fingerprint density at radius 2 is 1.82 bits per heavy atom. The van der Waals surface area contributed by atoms with Gasteiger partial charge >= 0.3 is 0 Å². The number of amides is 1. The molecule has 2 aromatic carbocycles. The van der Waals surface area contributed by atoms with E-state index < -0.39 is 16.1 Å². The van der Waals surface area contributed by atoms with Gasteiger partial charge in [0.2, 0.25) is 15.9 Å². The molecule has 0 aromatic heterocycles. The maximum atomic E-state index is 13.0. The van der Waals surface area contributed by atoms with Crippen LogP contribution in [0.5, 0.6) is 5.75 Å². The summed E-state index contributed by atoms with van der Waals surface area (Å²) < 4.78 is 32.4. The molecule has 1 fully saturated rings. The van der Waals surface area contributed by atoms with Gasteiger partial charge in [-0.1, -0.05) is 29.8 Å². The molecule has 0 spiro atoms. The van der Waals surface area contributed by atoms with Gasteiger partial charge in [-0.2, -0.15) is 4.31 Å². The van der Waals surface area contributed by atoms with Gasteiger partial charge in [-0.15, -0.1) is 0 Å². The first-order valence-corrected chi connectivity index (χ1v) is 10.8. The lowest BCUT2D eigenvalue weighted by molar-refractivity contribution is -0.124. The maximum absolute atomic E-state index is 13.0. The van der Waals surface area contributed by atoms with Crippen molar-refractivity contribution in [3.63, 3.8) is 0 Å². The zero-order chi connectivity index (χ0) is 20.1. The van der Waals surface area contributed by atoms with E-state index in [9.17, 15) is 13.2 Å². The lowest BCUT2D eigenvalue weighted by atomic mass is 10.1. The number of hydrogen-bond acceptors (Lipinski definition) is 4. The van der Waals surface area contributed by atoms with E-state index in [0.29, 0.717) is 32.4 Å². The monoisotopic (exact) mass is 402 g/mol. The van der Waals surface area contributed by atoms with Gasteiger partial charge in [0.25, 0.3) is 0 Å². The van der Waals surface area contributed by atoms with Gasteiger partial charge in [0.15, 0.2) is 0 Å². The van der Waals surface area contributed by atoms with Crippen molar-refractivity contribution in [3.8, 4) is 5.75 Å². The van der Waals surface area contributed by atoms with E-state index in [1.807, 2.05) is 31.2 Å². The molecule has 1 atom stereocenters. The average Bonchev–Trinajstić information content (AvgIpc) is 3.20. The third-order valence-electron chi connectivity index (χ3n) is 5.01. The SMILES string of the molecule is COc1ccc(CCNC(=O)C2CCCN2S(=O)(=O)c2ccc(C)cc2)cc1. The first-order valence-electron chi connectivity index (χ1n) is 9.41. The predicted molar refractivity (Wildman–Crippen MR) is 108 cm³/mol. The fourth-order valence-electron chi connectivity index (χ4n) is 3.38. The van der Waals surface area contributed by atoms with E-state index in [4.69, 9.17) is 4.74 Å². The number of hydrogen-bond donors (Lipinski definition) is 1. The Labute approximate surface area is 166 Å². The molecule has 1 unspecified atom stereocenters. The third-order valence-corrected chi connectivity index (χ3v) is 6.93. The molecule has 6 nitrogen and oxygen atoms in total. The Balaban J connectivity index is 1.61. The fraction of sp³-hybridized carbons (Fsp3) is 0.381. The molecule has 2 aromatic rings. The van der Waals surface area contributed by atoms with Crippen LogP contribution in [0.1, 0.15) is 24.0 Å². The number of carbonyl (C=O) groups excluding carboxylic acids is 1. The highest BCUT2D eigenvalue weighted by molar-refractivity contribution is 7.89. The van der Waals surface area contributed by atoms with Gasteiger partial charge in [0, 0.05) is 13.1 Å². The third kappa shape index (κ3) is 4.54. The Kier molecular flexibility index (Phi) is 6.36. The molecule has 1 aliphatic rings. The normalized spacial score (nSPS) is 17.4. The van der Waals surface area contributed by atoms with E-state index in [0.717, 1.165) is 16.9 Å². The zero-order valence-corrected chi connectivity index (χ0v) is 17.0. The summed E-state index contributed by atoms with van der Waals surface area (Å²) in [5, 5.41) is 2.89. The van der Waals surface area contributed by atoms with Crippen LogP contribution in [0.25, 0.3) is 0 Å². The number of rotatable bonds is 7. The minimum absolute atomic E-state index is 0.232. The quantitative estimate of drug-likeness (QED) is 0.772. The second kappa shape index (κ2) is 8.75. The topological polar surface area (TPSA) is 75.7 Å². The Hall–Kier alpha value is -2.38. The second-order valence-corrected chi connectivity index (χ2v) is 8.87. The molecule has 150 valence electrons. The summed E-state index contributed by atoms with van der Waals surface area (Å²) in [7, 11) is -2.06. The van der Waals surface area contributed by atoms with Gasteiger partial charge < -0.3 is 10.1 Å². The van der Waals surface area contributed by atoms with Crippen LogP contribution in [0.2, 0.25) is 0 Å². The highest BCUT2D eigenvalue weighted by atomic mass is 32.2. The number of aryl methyl sites for hydroxylation is 1. The number of ether oxygens (including phenoxy) is 1. The van der Waals surface area contributed by atoms with Gasteiger partial charge in [0.1, 0.15) is 11.8 Å². The molecule has 3 rings (SSSR count). The minimum Gasteiger partial charge on any atom is -0.497 e. The summed E-state index contributed by atoms with van der Waals surface area (Å²) in [6.07, 6.45) is 1.90. The summed E-state index contributed by atoms with van der Waals surface area (Å²) in [5.41, 5.74) is 2.07. The van der Waals surface area contributed by atoms with Crippen molar-refractivity contribution in [2.45, 2.75) is 37.1 Å². The number of methoxy groups -OCH3 is 1. The predicted octanol–water partition coefficient (Wildman–Crippen LogP) is 2.52. The summed E-state index contributed by atoms with van der Waals surface area (Å²) in [5.74, 6) is 0.553. The van der Waals surface area contributed by atoms with E-state index >= 15 is 0 Å². The smallest absolute Gasteiger partial charge is 0.243 e. The number of benzene rings is 2. The Morgan fingerprint density at radius 3 is 2.46 bits per heavy atom.